The third-order valence-electron chi connectivity index (χ3n) is 3.47. The molecule has 1 amide bonds. The van der Waals surface area contributed by atoms with Gasteiger partial charge < -0.3 is 5.32 Å². The molecule has 1 atom stereocenters. The Kier molecular flexibility index (Phi) is 2.89. The molecule has 1 aromatic rings. The normalized spacial score (nSPS) is 20.5. The minimum atomic E-state index is -0.748. The summed E-state index contributed by atoms with van der Waals surface area (Å²) in [6, 6.07) is 3.62. The van der Waals surface area contributed by atoms with Gasteiger partial charge in [0.1, 0.15) is 11.6 Å². The third-order valence-corrected chi connectivity index (χ3v) is 3.47. The Morgan fingerprint density at radius 3 is 2.35 bits per heavy atom. The molecule has 0 radical (unpaired) electrons. The fourth-order valence-corrected chi connectivity index (χ4v) is 2.44. The molecule has 1 heterocycles. The molecule has 0 spiro atoms. The Morgan fingerprint density at radius 1 is 1.29 bits per heavy atom. The molecule has 0 saturated carbocycles. The van der Waals surface area contributed by atoms with Crippen molar-refractivity contribution in [1.29, 1.82) is 0 Å². The van der Waals surface area contributed by atoms with Gasteiger partial charge in [0.15, 0.2) is 0 Å². The highest BCUT2D eigenvalue weighted by atomic mass is 19.1. The number of halogens is 2. The van der Waals surface area contributed by atoms with Crippen LogP contribution >= 0.6 is 0 Å². The lowest BCUT2D eigenvalue weighted by Gasteiger charge is -2.32. The van der Waals surface area contributed by atoms with Crippen LogP contribution in [0.4, 0.5) is 8.78 Å². The summed E-state index contributed by atoms with van der Waals surface area (Å²) in [5.74, 6) is -1.17. The van der Waals surface area contributed by atoms with E-state index in [0.717, 1.165) is 0 Å². The van der Waals surface area contributed by atoms with Gasteiger partial charge >= 0.3 is 0 Å². The highest BCUT2D eigenvalue weighted by Gasteiger charge is 2.39. The summed E-state index contributed by atoms with van der Waals surface area (Å²) in [7, 11) is 0. The lowest BCUT2D eigenvalue weighted by atomic mass is 9.76. The highest BCUT2D eigenvalue weighted by molar-refractivity contribution is 5.78. The second-order valence-electron chi connectivity index (χ2n) is 4.98. The maximum atomic E-state index is 13.7. The maximum Gasteiger partial charge on any atom is 0.220 e. The van der Waals surface area contributed by atoms with Crippen molar-refractivity contribution >= 4 is 5.91 Å². The number of hydrogen-bond acceptors (Lipinski definition) is 1. The highest BCUT2D eigenvalue weighted by Crippen LogP contribution is 2.35. The zero-order valence-corrected chi connectivity index (χ0v) is 9.89. The van der Waals surface area contributed by atoms with Crippen molar-refractivity contribution in [3.05, 3.63) is 35.4 Å². The molecule has 1 aliphatic rings. The molecule has 4 heteroatoms. The SMILES string of the molecule is CC(C)(c1c(F)cccc1F)C1CCC(=O)N1. The van der Waals surface area contributed by atoms with E-state index in [4.69, 9.17) is 0 Å². The maximum absolute atomic E-state index is 13.7. The van der Waals surface area contributed by atoms with Gasteiger partial charge in [-0.1, -0.05) is 19.9 Å². The van der Waals surface area contributed by atoms with Gasteiger partial charge in [0.2, 0.25) is 5.91 Å². The first-order valence-corrected chi connectivity index (χ1v) is 5.67. The number of carbonyl (C=O) groups is 1. The van der Waals surface area contributed by atoms with Crippen LogP contribution in [0.1, 0.15) is 32.3 Å². The number of carbonyl (C=O) groups excluding carboxylic acids is 1. The molecule has 0 aliphatic carbocycles. The molecule has 1 unspecified atom stereocenters. The van der Waals surface area contributed by atoms with Crippen molar-refractivity contribution in [3.8, 4) is 0 Å². The summed E-state index contributed by atoms with van der Waals surface area (Å²) in [5.41, 5.74) is -0.700. The largest absolute Gasteiger partial charge is 0.352 e. The van der Waals surface area contributed by atoms with Crippen molar-refractivity contribution in [2.75, 3.05) is 0 Å². The van der Waals surface area contributed by atoms with Gasteiger partial charge in [0.25, 0.3) is 0 Å². The topological polar surface area (TPSA) is 29.1 Å². The minimum Gasteiger partial charge on any atom is -0.352 e. The molecule has 1 saturated heterocycles. The lowest BCUT2D eigenvalue weighted by molar-refractivity contribution is -0.119. The molecular formula is C13H15F2NO. The quantitative estimate of drug-likeness (QED) is 0.844. The van der Waals surface area contributed by atoms with Crippen molar-refractivity contribution in [2.24, 2.45) is 0 Å². The Labute approximate surface area is 99.0 Å². The zero-order chi connectivity index (χ0) is 12.6. The van der Waals surface area contributed by atoms with Crippen LogP contribution in [0.2, 0.25) is 0 Å². The standard InChI is InChI=1S/C13H15F2NO/c1-13(2,10-6-7-11(17)16-10)12-8(14)4-3-5-9(12)15/h3-5,10H,6-7H2,1-2H3,(H,16,17). The van der Waals surface area contributed by atoms with E-state index in [1.807, 2.05) is 0 Å². The minimum absolute atomic E-state index is 0.0483. The Morgan fingerprint density at radius 2 is 1.88 bits per heavy atom. The fourth-order valence-electron chi connectivity index (χ4n) is 2.44. The fraction of sp³-hybridized carbons (Fsp3) is 0.462. The van der Waals surface area contributed by atoms with Crippen molar-refractivity contribution in [3.63, 3.8) is 0 Å². The van der Waals surface area contributed by atoms with Gasteiger partial charge in [-0.25, -0.2) is 8.78 Å². The zero-order valence-electron chi connectivity index (χ0n) is 9.89. The van der Waals surface area contributed by atoms with Crippen molar-refractivity contribution in [2.45, 2.75) is 38.1 Å². The van der Waals surface area contributed by atoms with E-state index in [-0.39, 0.29) is 17.5 Å². The summed E-state index contributed by atoms with van der Waals surface area (Å²) in [6.45, 7) is 3.51. The van der Waals surface area contributed by atoms with Crippen LogP contribution in [0.25, 0.3) is 0 Å². The first-order chi connectivity index (χ1) is 7.93. The molecule has 92 valence electrons. The number of benzene rings is 1. The Balaban J connectivity index is 2.40. The predicted molar refractivity (Wildman–Crippen MR) is 60.5 cm³/mol. The Bertz CT molecular complexity index is 436. The summed E-state index contributed by atoms with van der Waals surface area (Å²) < 4.78 is 27.5. The second-order valence-corrected chi connectivity index (χ2v) is 4.98. The summed E-state index contributed by atoms with van der Waals surface area (Å²) in [6.07, 6.45) is 1.03. The molecule has 0 aromatic heterocycles. The van der Waals surface area contributed by atoms with Crippen molar-refractivity contribution in [1.82, 2.24) is 5.32 Å². The van der Waals surface area contributed by atoms with E-state index in [1.54, 1.807) is 13.8 Å². The molecule has 1 aliphatic heterocycles. The molecule has 1 fully saturated rings. The van der Waals surface area contributed by atoms with Gasteiger partial charge in [-0.05, 0) is 18.6 Å². The molecular weight excluding hydrogens is 224 g/mol. The van der Waals surface area contributed by atoms with Crippen LogP contribution in [0.3, 0.4) is 0 Å². The van der Waals surface area contributed by atoms with E-state index in [1.165, 1.54) is 18.2 Å². The van der Waals surface area contributed by atoms with Gasteiger partial charge in [-0.3, -0.25) is 4.79 Å². The molecule has 2 nitrogen and oxygen atoms in total. The van der Waals surface area contributed by atoms with Gasteiger partial charge in [-0.15, -0.1) is 0 Å². The average Bonchev–Trinajstić information content (AvgIpc) is 2.64. The van der Waals surface area contributed by atoms with E-state index < -0.39 is 17.0 Å². The molecule has 2 rings (SSSR count). The third kappa shape index (κ3) is 2.04. The number of nitrogens with one attached hydrogen (secondary N) is 1. The van der Waals surface area contributed by atoms with Gasteiger partial charge in [0, 0.05) is 23.4 Å². The summed E-state index contributed by atoms with van der Waals surface area (Å²) >= 11 is 0. The van der Waals surface area contributed by atoms with E-state index in [2.05, 4.69) is 5.32 Å². The summed E-state index contributed by atoms with van der Waals surface area (Å²) in [4.78, 5) is 11.2. The number of hydrogen-bond donors (Lipinski definition) is 1. The molecule has 1 aromatic carbocycles. The van der Waals surface area contributed by atoms with Crippen LogP contribution in [-0.2, 0) is 10.2 Å². The van der Waals surface area contributed by atoms with Crippen LogP contribution < -0.4 is 5.32 Å². The first kappa shape index (κ1) is 12.0. The van der Waals surface area contributed by atoms with Crippen molar-refractivity contribution < 1.29 is 13.6 Å². The van der Waals surface area contributed by atoms with E-state index >= 15 is 0 Å². The van der Waals surface area contributed by atoms with Gasteiger partial charge in [0.05, 0.1) is 0 Å². The second kappa shape index (κ2) is 4.09. The van der Waals surface area contributed by atoms with Crippen LogP contribution in [0, 0.1) is 11.6 Å². The molecule has 17 heavy (non-hydrogen) atoms. The number of amides is 1. The average molecular weight is 239 g/mol. The number of rotatable bonds is 2. The van der Waals surface area contributed by atoms with E-state index in [0.29, 0.717) is 12.8 Å². The summed E-state index contributed by atoms with van der Waals surface area (Å²) in [5, 5.41) is 2.77. The first-order valence-electron chi connectivity index (χ1n) is 5.67. The molecule has 1 N–H and O–H groups in total. The lowest BCUT2D eigenvalue weighted by Crippen LogP contribution is -2.43. The smallest absolute Gasteiger partial charge is 0.220 e. The monoisotopic (exact) mass is 239 g/mol. The van der Waals surface area contributed by atoms with Gasteiger partial charge in [-0.2, -0.15) is 0 Å². The van der Waals surface area contributed by atoms with Crippen LogP contribution in [0.5, 0.6) is 0 Å². The Hall–Kier alpha value is -1.45. The van der Waals surface area contributed by atoms with E-state index in [9.17, 15) is 13.6 Å². The predicted octanol–water partition coefficient (Wildman–Crippen LogP) is 2.52. The van der Waals surface area contributed by atoms with Crippen LogP contribution in [-0.4, -0.2) is 11.9 Å². The molecule has 0 bridgehead atoms. The van der Waals surface area contributed by atoms with Crippen LogP contribution in [0.15, 0.2) is 18.2 Å².